The first-order valence-corrected chi connectivity index (χ1v) is 10.7. The average Bonchev–Trinajstić information content (AvgIpc) is 3.24. The van der Waals surface area contributed by atoms with E-state index >= 15 is 0 Å². The van der Waals surface area contributed by atoms with E-state index in [9.17, 15) is 22.4 Å². The molecule has 168 valence electrons. The molecule has 0 unspecified atom stereocenters. The fourth-order valence-electron chi connectivity index (χ4n) is 4.53. The van der Waals surface area contributed by atoms with E-state index in [1.807, 2.05) is 16.8 Å². The van der Waals surface area contributed by atoms with Crippen molar-refractivity contribution in [1.82, 2.24) is 19.8 Å². The molecule has 2 aliphatic rings. The van der Waals surface area contributed by atoms with E-state index in [-0.39, 0.29) is 36.8 Å². The van der Waals surface area contributed by atoms with Crippen molar-refractivity contribution < 1.29 is 22.4 Å². The summed E-state index contributed by atoms with van der Waals surface area (Å²) < 4.78 is 53.8. The lowest BCUT2D eigenvalue weighted by Gasteiger charge is -2.35. The molecule has 0 spiro atoms. The first-order valence-electron chi connectivity index (χ1n) is 10.7. The van der Waals surface area contributed by atoms with Crippen molar-refractivity contribution in [3.63, 3.8) is 0 Å². The lowest BCUT2D eigenvalue weighted by Crippen LogP contribution is -2.49. The van der Waals surface area contributed by atoms with Crippen molar-refractivity contribution in [3.05, 3.63) is 42.6 Å². The number of amides is 2. The third-order valence-corrected chi connectivity index (χ3v) is 6.41. The van der Waals surface area contributed by atoms with Gasteiger partial charge in [-0.3, -0.25) is 0 Å². The van der Waals surface area contributed by atoms with Gasteiger partial charge in [0, 0.05) is 36.9 Å². The number of hydrogen-bond acceptors (Lipinski definition) is 2. The highest BCUT2D eigenvalue weighted by Gasteiger charge is 2.41. The number of imidazole rings is 1. The maximum Gasteiger partial charge on any atom is 0.391 e. The predicted molar refractivity (Wildman–Crippen MR) is 108 cm³/mol. The second kappa shape index (κ2) is 8.88. The van der Waals surface area contributed by atoms with Gasteiger partial charge < -0.3 is 14.8 Å². The van der Waals surface area contributed by atoms with Gasteiger partial charge in [0.1, 0.15) is 5.82 Å². The van der Waals surface area contributed by atoms with E-state index in [1.165, 1.54) is 12.1 Å². The Morgan fingerprint density at radius 2 is 1.77 bits per heavy atom. The molecule has 2 fully saturated rings. The Hall–Kier alpha value is -2.58. The SMILES string of the molecule is O=C(NC1CCC(C(F)(F)F)CC1)N1CCC(n2cnc(-c3cccc(F)c3)c2)CC1. The minimum Gasteiger partial charge on any atom is -0.335 e. The van der Waals surface area contributed by atoms with Crippen LogP contribution in [-0.4, -0.2) is 45.8 Å². The molecule has 1 aromatic carbocycles. The monoisotopic (exact) mass is 438 g/mol. The van der Waals surface area contributed by atoms with Crippen molar-refractivity contribution in [2.45, 2.75) is 56.8 Å². The molecule has 1 aliphatic heterocycles. The molecule has 1 saturated carbocycles. The number of urea groups is 1. The number of piperidine rings is 1. The van der Waals surface area contributed by atoms with Crippen LogP contribution in [0.25, 0.3) is 11.3 Å². The minimum absolute atomic E-state index is 0.0742. The second-order valence-corrected chi connectivity index (χ2v) is 8.47. The molecule has 0 radical (unpaired) electrons. The summed E-state index contributed by atoms with van der Waals surface area (Å²) in [5.41, 5.74) is 1.42. The Balaban J connectivity index is 1.26. The average molecular weight is 438 g/mol. The molecule has 1 saturated heterocycles. The van der Waals surface area contributed by atoms with Crippen LogP contribution in [0.2, 0.25) is 0 Å². The van der Waals surface area contributed by atoms with Crippen LogP contribution in [0, 0.1) is 11.7 Å². The summed E-state index contributed by atoms with van der Waals surface area (Å²) in [6, 6.07) is 6.11. The number of likely N-dealkylation sites (tertiary alicyclic amines) is 1. The van der Waals surface area contributed by atoms with Gasteiger partial charge in [-0.2, -0.15) is 13.2 Å². The highest BCUT2D eigenvalue weighted by atomic mass is 19.4. The number of hydrogen-bond donors (Lipinski definition) is 1. The molecule has 2 heterocycles. The van der Waals surface area contributed by atoms with Crippen molar-refractivity contribution >= 4 is 6.03 Å². The lowest BCUT2D eigenvalue weighted by atomic mass is 9.85. The van der Waals surface area contributed by atoms with Crippen molar-refractivity contribution in [2.75, 3.05) is 13.1 Å². The zero-order chi connectivity index (χ0) is 22.0. The molecule has 1 aliphatic carbocycles. The number of nitrogens with one attached hydrogen (secondary N) is 1. The lowest BCUT2D eigenvalue weighted by molar-refractivity contribution is -0.182. The highest BCUT2D eigenvalue weighted by molar-refractivity contribution is 5.74. The molecule has 5 nitrogen and oxygen atoms in total. The van der Waals surface area contributed by atoms with Gasteiger partial charge in [-0.15, -0.1) is 0 Å². The number of nitrogens with zero attached hydrogens (tertiary/aromatic N) is 3. The zero-order valence-corrected chi connectivity index (χ0v) is 17.1. The maximum atomic E-state index is 13.4. The Morgan fingerprint density at radius 1 is 1.06 bits per heavy atom. The van der Waals surface area contributed by atoms with Crippen LogP contribution in [0.15, 0.2) is 36.8 Å². The van der Waals surface area contributed by atoms with E-state index in [4.69, 9.17) is 0 Å². The van der Waals surface area contributed by atoms with Gasteiger partial charge in [0.15, 0.2) is 0 Å². The van der Waals surface area contributed by atoms with Crippen LogP contribution in [0.5, 0.6) is 0 Å². The molecule has 9 heteroatoms. The highest BCUT2D eigenvalue weighted by Crippen LogP contribution is 2.37. The number of benzene rings is 1. The first kappa shape index (κ1) is 21.6. The van der Waals surface area contributed by atoms with E-state index in [0.29, 0.717) is 31.6 Å². The van der Waals surface area contributed by atoms with Crippen LogP contribution < -0.4 is 5.32 Å². The number of alkyl halides is 3. The van der Waals surface area contributed by atoms with Gasteiger partial charge >= 0.3 is 12.2 Å². The first-order chi connectivity index (χ1) is 14.8. The summed E-state index contributed by atoms with van der Waals surface area (Å²) in [4.78, 5) is 18.7. The Morgan fingerprint density at radius 3 is 2.42 bits per heavy atom. The van der Waals surface area contributed by atoms with Gasteiger partial charge in [0.2, 0.25) is 0 Å². The molecule has 31 heavy (non-hydrogen) atoms. The fourth-order valence-corrected chi connectivity index (χ4v) is 4.53. The van der Waals surface area contributed by atoms with Crippen molar-refractivity contribution in [3.8, 4) is 11.3 Å². The Labute approximate surface area is 178 Å². The molecule has 1 aromatic heterocycles. The van der Waals surface area contributed by atoms with Gasteiger partial charge in [-0.05, 0) is 50.7 Å². The van der Waals surface area contributed by atoms with Gasteiger partial charge in [0.25, 0.3) is 0 Å². The predicted octanol–water partition coefficient (Wildman–Crippen LogP) is 5.16. The standard InChI is InChI=1S/C22H26F4N4O/c23-17-3-1-2-15(12-17)20-13-30(14-27-20)19-8-10-29(11-9-19)21(31)28-18-6-4-16(5-7-18)22(24,25)26/h1-3,12-14,16,18-19H,4-11H2,(H,28,31). The molecule has 4 rings (SSSR count). The number of aromatic nitrogens is 2. The van der Waals surface area contributed by atoms with E-state index in [2.05, 4.69) is 10.3 Å². The molecule has 2 aromatic rings. The Kier molecular flexibility index (Phi) is 6.20. The van der Waals surface area contributed by atoms with Crippen molar-refractivity contribution in [1.29, 1.82) is 0 Å². The van der Waals surface area contributed by atoms with Gasteiger partial charge in [-0.1, -0.05) is 12.1 Å². The Bertz CT molecular complexity index is 897. The summed E-state index contributed by atoms with van der Waals surface area (Å²) in [7, 11) is 0. The molecular formula is C22H26F4N4O. The quantitative estimate of drug-likeness (QED) is 0.674. The third kappa shape index (κ3) is 5.19. The van der Waals surface area contributed by atoms with Crippen LogP contribution in [-0.2, 0) is 0 Å². The minimum atomic E-state index is -4.14. The van der Waals surface area contributed by atoms with Crippen molar-refractivity contribution in [2.24, 2.45) is 5.92 Å². The summed E-state index contributed by atoms with van der Waals surface area (Å²) in [6.45, 7) is 1.14. The molecule has 0 atom stereocenters. The number of rotatable bonds is 3. The molecule has 2 amide bonds. The number of carbonyl (C=O) groups is 1. The third-order valence-electron chi connectivity index (χ3n) is 6.41. The van der Waals surface area contributed by atoms with E-state index in [0.717, 1.165) is 18.4 Å². The zero-order valence-electron chi connectivity index (χ0n) is 17.1. The largest absolute Gasteiger partial charge is 0.391 e. The molecular weight excluding hydrogens is 412 g/mol. The van der Waals surface area contributed by atoms with Crippen LogP contribution in [0.3, 0.4) is 0 Å². The maximum absolute atomic E-state index is 13.4. The van der Waals surface area contributed by atoms with Crippen LogP contribution in [0.4, 0.5) is 22.4 Å². The number of carbonyl (C=O) groups excluding carboxylic acids is 1. The molecule has 1 N–H and O–H groups in total. The van der Waals surface area contributed by atoms with Crippen LogP contribution in [0.1, 0.15) is 44.6 Å². The summed E-state index contributed by atoms with van der Waals surface area (Å²) in [5, 5.41) is 2.91. The smallest absolute Gasteiger partial charge is 0.335 e. The normalized spacial score (nSPS) is 23.0. The summed E-state index contributed by atoms with van der Waals surface area (Å²) in [6.07, 6.45) is 1.89. The van der Waals surface area contributed by atoms with E-state index in [1.54, 1.807) is 17.3 Å². The molecule has 0 bridgehead atoms. The summed E-state index contributed by atoms with van der Waals surface area (Å²) in [5.74, 6) is -1.55. The van der Waals surface area contributed by atoms with E-state index < -0.39 is 12.1 Å². The van der Waals surface area contributed by atoms with Gasteiger partial charge in [0.05, 0.1) is 17.9 Å². The fraction of sp³-hybridized carbons (Fsp3) is 0.545. The second-order valence-electron chi connectivity index (χ2n) is 8.47. The topological polar surface area (TPSA) is 50.2 Å². The number of halogens is 4. The van der Waals surface area contributed by atoms with Crippen LogP contribution >= 0.6 is 0 Å². The summed E-state index contributed by atoms with van der Waals surface area (Å²) >= 11 is 0. The van der Waals surface area contributed by atoms with Gasteiger partial charge in [-0.25, -0.2) is 14.2 Å².